The first-order valence-corrected chi connectivity index (χ1v) is 9.42. The number of fused-ring (bicyclic) bond motifs is 1. The van der Waals surface area contributed by atoms with Crippen molar-refractivity contribution in [1.29, 1.82) is 0 Å². The second kappa shape index (κ2) is 6.62. The highest BCUT2D eigenvalue weighted by molar-refractivity contribution is 5.82. The number of aryl methyl sites for hydroxylation is 1. The Kier molecular flexibility index (Phi) is 4.32. The first-order chi connectivity index (χ1) is 12.1. The van der Waals surface area contributed by atoms with Gasteiger partial charge in [0, 0.05) is 31.8 Å². The van der Waals surface area contributed by atoms with Crippen LogP contribution in [-0.2, 0) is 24.2 Å². The lowest BCUT2D eigenvalue weighted by molar-refractivity contribution is -0.122. The van der Waals surface area contributed by atoms with E-state index in [0.717, 1.165) is 43.9 Å². The smallest absolute Gasteiger partial charge is 0.223 e. The Bertz CT molecular complexity index is 763. The van der Waals surface area contributed by atoms with Gasteiger partial charge in [-0.1, -0.05) is 38.1 Å². The molecule has 1 aromatic carbocycles. The molecule has 1 aliphatic heterocycles. The molecule has 2 heterocycles. The Hall–Kier alpha value is -2.17. The van der Waals surface area contributed by atoms with Gasteiger partial charge in [0.15, 0.2) is 0 Å². The number of benzene rings is 1. The van der Waals surface area contributed by atoms with Crippen molar-refractivity contribution in [3.8, 4) is 0 Å². The van der Waals surface area contributed by atoms with E-state index < -0.39 is 0 Å². The van der Waals surface area contributed by atoms with Crippen molar-refractivity contribution < 1.29 is 4.79 Å². The fraction of sp³-hybridized carbons (Fsp3) is 0.550. The van der Waals surface area contributed by atoms with E-state index >= 15 is 0 Å². The Balaban J connectivity index is 1.26. The minimum Gasteiger partial charge on any atom is -0.355 e. The molecule has 2 aliphatic rings. The average molecular weight is 338 g/mol. The summed E-state index contributed by atoms with van der Waals surface area (Å²) in [5, 5.41) is 11.5. The van der Waals surface area contributed by atoms with Gasteiger partial charge >= 0.3 is 0 Å². The molecular weight excluding hydrogens is 312 g/mol. The van der Waals surface area contributed by atoms with Gasteiger partial charge in [-0.2, -0.15) is 0 Å². The van der Waals surface area contributed by atoms with Crippen molar-refractivity contribution in [3.63, 3.8) is 0 Å². The standard InChI is InChI=1S/C20H26N4O/c1-13(2)14-5-7-15(8-6-14)16-12-17(16)20(25)21-10-9-19-23-22-18-4-3-11-24(18)19/h5-8,13,16-17H,3-4,9-12H2,1-2H3,(H,21,25)/t16-,17-/m0/s1. The summed E-state index contributed by atoms with van der Waals surface area (Å²) in [4.78, 5) is 12.4. The van der Waals surface area contributed by atoms with Crippen LogP contribution in [0.2, 0.25) is 0 Å². The van der Waals surface area contributed by atoms with Crippen LogP contribution in [0.4, 0.5) is 0 Å². The fourth-order valence-corrected chi connectivity index (χ4v) is 3.81. The molecule has 1 aromatic heterocycles. The second-order valence-electron chi connectivity index (χ2n) is 7.60. The number of nitrogens with one attached hydrogen (secondary N) is 1. The Morgan fingerprint density at radius 3 is 2.84 bits per heavy atom. The molecule has 0 saturated heterocycles. The molecule has 2 aromatic rings. The van der Waals surface area contributed by atoms with E-state index in [-0.39, 0.29) is 11.8 Å². The largest absolute Gasteiger partial charge is 0.355 e. The van der Waals surface area contributed by atoms with Crippen molar-refractivity contribution in [3.05, 3.63) is 47.0 Å². The van der Waals surface area contributed by atoms with Crippen LogP contribution >= 0.6 is 0 Å². The lowest BCUT2D eigenvalue weighted by atomic mass is 10.00. The second-order valence-corrected chi connectivity index (χ2v) is 7.60. The highest BCUT2D eigenvalue weighted by Gasteiger charge is 2.43. The van der Waals surface area contributed by atoms with Crippen LogP contribution < -0.4 is 5.32 Å². The topological polar surface area (TPSA) is 59.8 Å². The van der Waals surface area contributed by atoms with Gasteiger partial charge in [0.25, 0.3) is 0 Å². The third-order valence-electron chi connectivity index (χ3n) is 5.49. The first kappa shape index (κ1) is 16.3. The zero-order valence-corrected chi connectivity index (χ0v) is 15.0. The number of rotatable bonds is 6. The molecule has 2 atom stereocenters. The van der Waals surface area contributed by atoms with E-state index in [1.54, 1.807) is 0 Å². The first-order valence-electron chi connectivity index (χ1n) is 9.42. The number of nitrogens with zero attached hydrogens (tertiary/aromatic N) is 3. The molecule has 0 spiro atoms. The predicted octanol–water partition coefficient (Wildman–Crippen LogP) is 2.81. The predicted molar refractivity (Wildman–Crippen MR) is 96.4 cm³/mol. The third kappa shape index (κ3) is 3.32. The molecule has 4 rings (SSSR count). The molecule has 5 nitrogen and oxygen atoms in total. The summed E-state index contributed by atoms with van der Waals surface area (Å²) < 4.78 is 2.20. The third-order valence-corrected chi connectivity index (χ3v) is 5.49. The van der Waals surface area contributed by atoms with Crippen molar-refractivity contribution >= 4 is 5.91 Å². The lowest BCUT2D eigenvalue weighted by Crippen LogP contribution is -2.28. The number of hydrogen-bond acceptors (Lipinski definition) is 3. The van der Waals surface area contributed by atoms with E-state index in [9.17, 15) is 4.79 Å². The minimum atomic E-state index is 0.133. The van der Waals surface area contributed by atoms with Gasteiger partial charge in [-0.3, -0.25) is 4.79 Å². The van der Waals surface area contributed by atoms with Gasteiger partial charge in [0.2, 0.25) is 5.91 Å². The maximum absolute atomic E-state index is 12.4. The highest BCUT2D eigenvalue weighted by atomic mass is 16.2. The molecule has 132 valence electrons. The molecule has 25 heavy (non-hydrogen) atoms. The van der Waals surface area contributed by atoms with E-state index in [2.05, 4.69) is 58.2 Å². The summed E-state index contributed by atoms with van der Waals surface area (Å²) in [7, 11) is 0. The molecular formula is C20H26N4O. The van der Waals surface area contributed by atoms with Crippen molar-refractivity contribution in [2.75, 3.05) is 6.54 Å². The van der Waals surface area contributed by atoms with Gasteiger partial charge in [0.05, 0.1) is 0 Å². The molecule has 5 heteroatoms. The van der Waals surface area contributed by atoms with Gasteiger partial charge < -0.3 is 9.88 Å². The SMILES string of the molecule is CC(C)c1ccc([C@@H]2C[C@@H]2C(=O)NCCc2nnc3n2CCC3)cc1. The van der Waals surface area contributed by atoms with Gasteiger partial charge in [-0.15, -0.1) is 10.2 Å². The normalized spacial score (nSPS) is 21.4. The van der Waals surface area contributed by atoms with E-state index in [4.69, 9.17) is 0 Å². The molecule has 0 bridgehead atoms. The van der Waals surface area contributed by atoms with Crippen molar-refractivity contribution in [1.82, 2.24) is 20.1 Å². The molecule has 1 N–H and O–H groups in total. The molecule has 1 fully saturated rings. The van der Waals surface area contributed by atoms with Crippen molar-refractivity contribution in [2.24, 2.45) is 5.92 Å². The van der Waals surface area contributed by atoms with Crippen LogP contribution in [0.25, 0.3) is 0 Å². The number of carbonyl (C=O) groups excluding carboxylic acids is 1. The summed E-state index contributed by atoms with van der Waals surface area (Å²) >= 11 is 0. The van der Waals surface area contributed by atoms with Crippen LogP contribution in [0.1, 0.15) is 61.3 Å². The number of amides is 1. The van der Waals surface area contributed by atoms with Gasteiger partial charge in [-0.25, -0.2) is 0 Å². The maximum atomic E-state index is 12.4. The Morgan fingerprint density at radius 2 is 2.08 bits per heavy atom. The summed E-state index contributed by atoms with van der Waals surface area (Å²) in [5.41, 5.74) is 2.64. The Labute approximate surface area is 148 Å². The zero-order chi connectivity index (χ0) is 17.4. The summed E-state index contributed by atoms with van der Waals surface area (Å²) in [6.07, 6.45) is 3.91. The lowest BCUT2D eigenvalue weighted by Gasteiger charge is -2.07. The number of carbonyl (C=O) groups is 1. The van der Waals surface area contributed by atoms with Crippen LogP contribution in [-0.4, -0.2) is 27.2 Å². The Morgan fingerprint density at radius 1 is 1.28 bits per heavy atom. The van der Waals surface area contributed by atoms with Crippen molar-refractivity contribution in [2.45, 2.75) is 57.9 Å². The quantitative estimate of drug-likeness (QED) is 0.881. The summed E-state index contributed by atoms with van der Waals surface area (Å²) in [5.74, 6) is 3.34. The van der Waals surface area contributed by atoms with E-state index in [0.29, 0.717) is 18.4 Å². The summed E-state index contributed by atoms with van der Waals surface area (Å²) in [6.45, 7) is 6.06. The molecule has 1 aliphatic carbocycles. The van der Waals surface area contributed by atoms with Crippen LogP contribution in [0.5, 0.6) is 0 Å². The highest BCUT2D eigenvalue weighted by Crippen LogP contribution is 2.47. The zero-order valence-electron chi connectivity index (χ0n) is 15.0. The monoisotopic (exact) mass is 338 g/mol. The van der Waals surface area contributed by atoms with Crippen LogP contribution in [0, 0.1) is 5.92 Å². The molecule has 0 unspecified atom stereocenters. The van der Waals surface area contributed by atoms with Gasteiger partial charge in [0.1, 0.15) is 11.6 Å². The maximum Gasteiger partial charge on any atom is 0.223 e. The molecule has 1 saturated carbocycles. The van der Waals surface area contributed by atoms with Crippen LogP contribution in [0.3, 0.4) is 0 Å². The number of hydrogen-bond donors (Lipinski definition) is 1. The molecule has 1 amide bonds. The summed E-state index contributed by atoms with van der Waals surface area (Å²) in [6, 6.07) is 8.76. The van der Waals surface area contributed by atoms with E-state index in [1.165, 1.54) is 11.1 Å². The average Bonchev–Trinajstić information content (AvgIpc) is 3.12. The van der Waals surface area contributed by atoms with E-state index in [1.807, 2.05) is 0 Å². The minimum absolute atomic E-state index is 0.133. The van der Waals surface area contributed by atoms with Crippen LogP contribution in [0.15, 0.2) is 24.3 Å². The number of aromatic nitrogens is 3. The van der Waals surface area contributed by atoms with Gasteiger partial charge in [-0.05, 0) is 35.8 Å². The fourth-order valence-electron chi connectivity index (χ4n) is 3.81. The molecule has 0 radical (unpaired) electrons.